The van der Waals surface area contributed by atoms with Crippen molar-refractivity contribution >= 4 is 10.0 Å². The molecule has 4 nitrogen and oxygen atoms in total. The first-order valence-electron chi connectivity index (χ1n) is 7.20. The SMILES string of the molecule is Cc1ccc(F)cc1S(=O)(=O)NCC1(O)CCCC(C)C1. The molecule has 6 heteroatoms. The van der Waals surface area contributed by atoms with Gasteiger partial charge in [-0.3, -0.25) is 0 Å². The van der Waals surface area contributed by atoms with E-state index in [-0.39, 0.29) is 11.4 Å². The van der Waals surface area contributed by atoms with Gasteiger partial charge in [-0.1, -0.05) is 25.8 Å². The summed E-state index contributed by atoms with van der Waals surface area (Å²) in [6, 6.07) is 3.66. The van der Waals surface area contributed by atoms with Gasteiger partial charge < -0.3 is 5.11 Å². The third-order valence-electron chi connectivity index (χ3n) is 4.10. The van der Waals surface area contributed by atoms with E-state index in [0.29, 0.717) is 24.3 Å². The van der Waals surface area contributed by atoms with Crippen LogP contribution in [0.4, 0.5) is 4.39 Å². The molecule has 1 saturated carbocycles. The molecule has 0 heterocycles. The van der Waals surface area contributed by atoms with E-state index in [1.807, 2.05) is 0 Å². The van der Waals surface area contributed by atoms with Crippen molar-refractivity contribution in [2.75, 3.05) is 6.54 Å². The van der Waals surface area contributed by atoms with Gasteiger partial charge in [-0.05, 0) is 43.4 Å². The highest BCUT2D eigenvalue weighted by atomic mass is 32.2. The average Bonchev–Trinajstić information content (AvgIpc) is 2.39. The topological polar surface area (TPSA) is 66.4 Å². The summed E-state index contributed by atoms with van der Waals surface area (Å²) >= 11 is 0. The predicted molar refractivity (Wildman–Crippen MR) is 78.9 cm³/mol. The standard InChI is InChI=1S/C15H22FNO3S/c1-11-4-3-7-15(18,9-11)10-17-21(19,20)14-8-13(16)6-5-12(14)2/h5-6,8,11,17-18H,3-4,7,9-10H2,1-2H3. The van der Waals surface area contributed by atoms with Crippen molar-refractivity contribution in [3.63, 3.8) is 0 Å². The molecule has 1 aliphatic rings. The summed E-state index contributed by atoms with van der Waals surface area (Å²) in [5, 5.41) is 10.5. The third kappa shape index (κ3) is 4.02. The zero-order valence-corrected chi connectivity index (χ0v) is 13.2. The van der Waals surface area contributed by atoms with Crippen molar-refractivity contribution in [3.8, 4) is 0 Å². The fraction of sp³-hybridized carbons (Fsp3) is 0.600. The molecule has 2 rings (SSSR count). The van der Waals surface area contributed by atoms with E-state index >= 15 is 0 Å². The Morgan fingerprint density at radius 2 is 2.19 bits per heavy atom. The molecule has 0 aromatic heterocycles. The summed E-state index contributed by atoms with van der Waals surface area (Å²) in [4.78, 5) is -0.0741. The predicted octanol–water partition coefficient (Wildman–Crippen LogP) is 2.35. The van der Waals surface area contributed by atoms with E-state index in [0.717, 1.165) is 18.9 Å². The number of nitrogens with one attached hydrogen (secondary N) is 1. The first-order valence-corrected chi connectivity index (χ1v) is 8.68. The third-order valence-corrected chi connectivity index (χ3v) is 5.64. The van der Waals surface area contributed by atoms with Crippen molar-refractivity contribution in [3.05, 3.63) is 29.6 Å². The minimum absolute atomic E-state index is 0.0321. The van der Waals surface area contributed by atoms with Gasteiger partial charge in [-0.2, -0.15) is 0 Å². The van der Waals surface area contributed by atoms with Gasteiger partial charge in [0.2, 0.25) is 10.0 Å². The summed E-state index contributed by atoms with van der Waals surface area (Å²) in [7, 11) is -3.82. The van der Waals surface area contributed by atoms with Crippen LogP contribution < -0.4 is 4.72 Å². The number of aryl methyl sites for hydroxylation is 1. The summed E-state index contributed by atoms with van der Waals surface area (Å²) in [5.74, 6) is -0.213. The van der Waals surface area contributed by atoms with Crippen LogP contribution in [0.2, 0.25) is 0 Å². The first kappa shape index (κ1) is 16.4. The van der Waals surface area contributed by atoms with Crippen molar-refractivity contribution < 1.29 is 17.9 Å². The Kier molecular flexibility index (Phi) is 4.70. The first-order chi connectivity index (χ1) is 9.72. The molecule has 1 fully saturated rings. The van der Waals surface area contributed by atoms with Gasteiger partial charge in [0, 0.05) is 6.54 Å². The molecule has 1 aromatic rings. The quantitative estimate of drug-likeness (QED) is 0.896. The average molecular weight is 315 g/mol. The second-order valence-corrected chi connectivity index (χ2v) is 7.90. The largest absolute Gasteiger partial charge is 0.389 e. The Balaban J connectivity index is 2.13. The fourth-order valence-corrected chi connectivity index (χ4v) is 4.34. The molecule has 118 valence electrons. The van der Waals surface area contributed by atoms with Crippen LogP contribution in [0.15, 0.2) is 23.1 Å². The maximum atomic E-state index is 13.3. The van der Waals surface area contributed by atoms with Crippen LogP contribution in [0, 0.1) is 18.7 Å². The van der Waals surface area contributed by atoms with E-state index < -0.39 is 21.4 Å². The van der Waals surface area contributed by atoms with E-state index in [4.69, 9.17) is 0 Å². The Labute approximate surface area is 125 Å². The van der Waals surface area contributed by atoms with E-state index in [1.54, 1.807) is 6.92 Å². The van der Waals surface area contributed by atoms with Crippen molar-refractivity contribution in [1.29, 1.82) is 0 Å². The van der Waals surface area contributed by atoms with Crippen LogP contribution in [-0.2, 0) is 10.0 Å². The van der Waals surface area contributed by atoms with Crippen LogP contribution >= 0.6 is 0 Å². The lowest BCUT2D eigenvalue weighted by Gasteiger charge is -2.35. The van der Waals surface area contributed by atoms with Gasteiger partial charge in [-0.15, -0.1) is 0 Å². The summed E-state index contributed by atoms with van der Waals surface area (Å²) in [6.45, 7) is 3.64. The molecule has 0 bridgehead atoms. The maximum absolute atomic E-state index is 13.3. The Morgan fingerprint density at radius 1 is 1.48 bits per heavy atom. The summed E-state index contributed by atoms with van der Waals surface area (Å²) < 4.78 is 40.3. The number of aliphatic hydroxyl groups is 1. The van der Waals surface area contributed by atoms with Crippen LogP contribution in [0.3, 0.4) is 0 Å². The zero-order valence-electron chi connectivity index (χ0n) is 12.4. The molecule has 2 unspecified atom stereocenters. The molecule has 0 amide bonds. The smallest absolute Gasteiger partial charge is 0.241 e. The minimum Gasteiger partial charge on any atom is -0.389 e. The van der Waals surface area contributed by atoms with Crippen LogP contribution in [0.1, 0.15) is 38.2 Å². The number of benzene rings is 1. The second-order valence-electron chi connectivity index (χ2n) is 6.16. The highest BCUT2D eigenvalue weighted by molar-refractivity contribution is 7.89. The Morgan fingerprint density at radius 3 is 2.86 bits per heavy atom. The molecule has 1 aromatic carbocycles. The van der Waals surface area contributed by atoms with E-state index in [9.17, 15) is 17.9 Å². The molecule has 21 heavy (non-hydrogen) atoms. The number of sulfonamides is 1. The lowest BCUT2D eigenvalue weighted by atomic mass is 9.79. The normalized spacial score (nSPS) is 26.8. The highest BCUT2D eigenvalue weighted by Gasteiger charge is 2.34. The van der Waals surface area contributed by atoms with Crippen LogP contribution in [0.25, 0.3) is 0 Å². The lowest BCUT2D eigenvalue weighted by Crippen LogP contribution is -2.45. The fourth-order valence-electron chi connectivity index (χ4n) is 2.96. The number of hydrogen-bond donors (Lipinski definition) is 2. The molecule has 1 aliphatic carbocycles. The molecule has 0 spiro atoms. The lowest BCUT2D eigenvalue weighted by molar-refractivity contribution is -0.00751. The number of hydrogen-bond acceptors (Lipinski definition) is 3. The van der Waals surface area contributed by atoms with Gasteiger partial charge in [0.25, 0.3) is 0 Å². The van der Waals surface area contributed by atoms with Gasteiger partial charge in [0.05, 0.1) is 10.5 Å². The molecular formula is C15H22FNO3S. The van der Waals surface area contributed by atoms with Gasteiger partial charge >= 0.3 is 0 Å². The molecule has 2 N–H and O–H groups in total. The van der Waals surface area contributed by atoms with E-state index in [1.165, 1.54) is 12.1 Å². The monoisotopic (exact) mass is 315 g/mol. The van der Waals surface area contributed by atoms with Gasteiger partial charge in [0.1, 0.15) is 5.82 Å². The molecule has 0 radical (unpaired) electrons. The Bertz CT molecular complexity index is 617. The molecular weight excluding hydrogens is 293 g/mol. The molecule has 0 aliphatic heterocycles. The number of halogens is 1. The molecule has 0 saturated heterocycles. The summed E-state index contributed by atoms with van der Waals surface area (Å²) in [5.41, 5.74) is -0.528. The molecule has 2 atom stereocenters. The maximum Gasteiger partial charge on any atom is 0.241 e. The van der Waals surface area contributed by atoms with E-state index in [2.05, 4.69) is 11.6 Å². The van der Waals surface area contributed by atoms with Crippen LogP contribution in [0.5, 0.6) is 0 Å². The second kappa shape index (κ2) is 6.02. The highest BCUT2D eigenvalue weighted by Crippen LogP contribution is 2.32. The minimum atomic E-state index is -3.82. The van der Waals surface area contributed by atoms with Crippen LogP contribution in [-0.4, -0.2) is 25.7 Å². The zero-order chi connectivity index (χ0) is 15.7. The summed E-state index contributed by atoms with van der Waals surface area (Å²) in [6.07, 6.45) is 3.11. The number of rotatable bonds is 4. The van der Waals surface area contributed by atoms with Gasteiger partial charge in [-0.25, -0.2) is 17.5 Å². The van der Waals surface area contributed by atoms with Crippen molar-refractivity contribution in [2.45, 2.75) is 50.0 Å². The Hall–Kier alpha value is -0.980. The van der Waals surface area contributed by atoms with Crippen molar-refractivity contribution in [1.82, 2.24) is 4.72 Å². The van der Waals surface area contributed by atoms with Crippen molar-refractivity contribution in [2.24, 2.45) is 5.92 Å². The van der Waals surface area contributed by atoms with Gasteiger partial charge in [0.15, 0.2) is 0 Å².